The second kappa shape index (κ2) is 9.22. The van der Waals surface area contributed by atoms with Crippen LogP contribution < -0.4 is 10.6 Å². The van der Waals surface area contributed by atoms with Crippen molar-refractivity contribution in [2.45, 2.75) is 58.8 Å². The van der Waals surface area contributed by atoms with E-state index in [-0.39, 0.29) is 29.6 Å². The molecule has 1 saturated heterocycles. The molecule has 6 nitrogen and oxygen atoms in total. The van der Waals surface area contributed by atoms with Crippen molar-refractivity contribution in [3.63, 3.8) is 0 Å². The number of hydrogen-bond donors (Lipinski definition) is 2. The number of rotatable bonds is 6. The van der Waals surface area contributed by atoms with Gasteiger partial charge in [-0.2, -0.15) is 0 Å². The van der Waals surface area contributed by atoms with Crippen LogP contribution in [0.3, 0.4) is 0 Å². The van der Waals surface area contributed by atoms with E-state index >= 15 is 0 Å². The van der Waals surface area contributed by atoms with Crippen molar-refractivity contribution in [1.82, 2.24) is 4.90 Å². The van der Waals surface area contributed by atoms with Crippen LogP contribution in [0.4, 0.5) is 11.4 Å². The number of piperidine rings is 1. The number of carbonyl (C=O) groups is 3. The van der Waals surface area contributed by atoms with Crippen molar-refractivity contribution in [1.29, 1.82) is 0 Å². The molecular formula is C22H31N3O3. The summed E-state index contributed by atoms with van der Waals surface area (Å²) in [5.74, 6) is 0.390. The van der Waals surface area contributed by atoms with Crippen LogP contribution in [0.25, 0.3) is 0 Å². The monoisotopic (exact) mass is 385 g/mol. The minimum absolute atomic E-state index is 0.00382. The Balaban J connectivity index is 1.54. The van der Waals surface area contributed by atoms with Crippen LogP contribution in [-0.4, -0.2) is 35.7 Å². The third kappa shape index (κ3) is 4.91. The van der Waals surface area contributed by atoms with E-state index in [0.717, 1.165) is 36.9 Å². The average molecular weight is 386 g/mol. The summed E-state index contributed by atoms with van der Waals surface area (Å²) in [6.45, 7) is 5.23. The van der Waals surface area contributed by atoms with E-state index in [9.17, 15) is 14.4 Å². The lowest BCUT2D eigenvalue weighted by molar-refractivity contribution is -0.140. The predicted octanol–water partition coefficient (Wildman–Crippen LogP) is 3.71. The van der Waals surface area contributed by atoms with Crippen LogP contribution in [0.15, 0.2) is 18.2 Å². The van der Waals surface area contributed by atoms with Crippen molar-refractivity contribution < 1.29 is 14.4 Å². The summed E-state index contributed by atoms with van der Waals surface area (Å²) in [6, 6.07) is 5.57. The Kier molecular flexibility index (Phi) is 6.70. The van der Waals surface area contributed by atoms with Crippen LogP contribution in [0.2, 0.25) is 0 Å². The van der Waals surface area contributed by atoms with Gasteiger partial charge in [-0.1, -0.05) is 19.4 Å². The second-order valence-electron chi connectivity index (χ2n) is 8.04. The summed E-state index contributed by atoms with van der Waals surface area (Å²) in [6.07, 6.45) is 5.88. The van der Waals surface area contributed by atoms with E-state index in [1.807, 2.05) is 36.9 Å². The third-order valence-corrected chi connectivity index (χ3v) is 5.89. The molecule has 2 N–H and O–H groups in total. The number of amides is 3. The lowest BCUT2D eigenvalue weighted by Crippen LogP contribution is -2.45. The van der Waals surface area contributed by atoms with E-state index in [1.165, 1.54) is 0 Å². The molecule has 28 heavy (non-hydrogen) atoms. The Morgan fingerprint density at radius 3 is 2.36 bits per heavy atom. The number of anilines is 2. The fourth-order valence-corrected chi connectivity index (χ4v) is 3.80. The average Bonchev–Trinajstić information content (AvgIpc) is 2.63. The first-order valence-corrected chi connectivity index (χ1v) is 10.5. The molecule has 152 valence electrons. The van der Waals surface area contributed by atoms with Crippen LogP contribution in [0, 0.1) is 18.8 Å². The molecule has 2 fully saturated rings. The Labute approximate surface area is 167 Å². The molecule has 0 atom stereocenters. The van der Waals surface area contributed by atoms with Gasteiger partial charge < -0.3 is 15.5 Å². The second-order valence-corrected chi connectivity index (χ2v) is 8.04. The quantitative estimate of drug-likeness (QED) is 0.783. The molecule has 0 radical (unpaired) electrons. The maximum atomic E-state index is 12.7. The minimum Gasteiger partial charge on any atom is -0.342 e. The third-order valence-electron chi connectivity index (χ3n) is 5.89. The first-order valence-electron chi connectivity index (χ1n) is 10.5. The summed E-state index contributed by atoms with van der Waals surface area (Å²) < 4.78 is 0. The topological polar surface area (TPSA) is 78.5 Å². The molecule has 1 saturated carbocycles. The summed E-state index contributed by atoms with van der Waals surface area (Å²) >= 11 is 0. The highest BCUT2D eigenvalue weighted by Gasteiger charge is 2.33. The molecule has 1 aromatic carbocycles. The molecule has 0 unspecified atom stereocenters. The Hall–Kier alpha value is -2.37. The summed E-state index contributed by atoms with van der Waals surface area (Å²) in [5, 5.41) is 5.89. The van der Waals surface area contributed by atoms with Gasteiger partial charge in [0, 0.05) is 42.7 Å². The van der Waals surface area contributed by atoms with E-state index in [2.05, 4.69) is 10.6 Å². The minimum atomic E-state index is -0.0804. The molecule has 0 bridgehead atoms. The number of nitrogens with one attached hydrogen (secondary N) is 2. The number of hydrogen-bond acceptors (Lipinski definition) is 3. The van der Waals surface area contributed by atoms with E-state index in [1.54, 1.807) is 0 Å². The van der Waals surface area contributed by atoms with E-state index in [4.69, 9.17) is 0 Å². The van der Waals surface area contributed by atoms with Crippen LogP contribution in [-0.2, 0) is 14.4 Å². The van der Waals surface area contributed by atoms with Crippen molar-refractivity contribution in [3.05, 3.63) is 23.8 Å². The first-order chi connectivity index (χ1) is 13.5. The van der Waals surface area contributed by atoms with Gasteiger partial charge >= 0.3 is 0 Å². The van der Waals surface area contributed by atoms with Gasteiger partial charge in [0.05, 0.1) is 0 Å². The zero-order valence-corrected chi connectivity index (χ0v) is 16.9. The van der Waals surface area contributed by atoms with Gasteiger partial charge in [0.1, 0.15) is 0 Å². The molecule has 1 aliphatic carbocycles. The number of likely N-dealkylation sites (tertiary alicyclic amines) is 1. The Morgan fingerprint density at radius 2 is 1.75 bits per heavy atom. The predicted molar refractivity (Wildman–Crippen MR) is 110 cm³/mol. The smallest absolute Gasteiger partial charge is 0.227 e. The number of aryl methyl sites for hydroxylation is 1. The van der Waals surface area contributed by atoms with E-state index in [0.29, 0.717) is 38.0 Å². The van der Waals surface area contributed by atoms with Crippen molar-refractivity contribution in [3.8, 4) is 0 Å². The van der Waals surface area contributed by atoms with E-state index < -0.39 is 0 Å². The normalized spacial score (nSPS) is 17.7. The van der Waals surface area contributed by atoms with Crippen LogP contribution in [0.5, 0.6) is 0 Å². The fraction of sp³-hybridized carbons (Fsp3) is 0.591. The van der Waals surface area contributed by atoms with Gasteiger partial charge in [0.25, 0.3) is 0 Å². The first kappa shape index (κ1) is 20.4. The summed E-state index contributed by atoms with van der Waals surface area (Å²) in [4.78, 5) is 38.8. The zero-order chi connectivity index (χ0) is 20.1. The summed E-state index contributed by atoms with van der Waals surface area (Å²) in [5.41, 5.74) is 2.38. The van der Waals surface area contributed by atoms with Gasteiger partial charge in [-0.25, -0.2) is 0 Å². The highest BCUT2D eigenvalue weighted by molar-refractivity contribution is 5.96. The number of nitrogens with zero attached hydrogens (tertiary/aromatic N) is 1. The Bertz CT molecular complexity index is 735. The molecule has 0 spiro atoms. The van der Waals surface area contributed by atoms with Crippen molar-refractivity contribution in [2.75, 3.05) is 23.7 Å². The van der Waals surface area contributed by atoms with Crippen molar-refractivity contribution >= 4 is 29.1 Å². The zero-order valence-electron chi connectivity index (χ0n) is 16.9. The highest BCUT2D eigenvalue weighted by Crippen LogP contribution is 2.30. The molecule has 2 aliphatic rings. The molecule has 1 aromatic rings. The lowest BCUT2D eigenvalue weighted by Gasteiger charge is -2.36. The molecule has 0 aromatic heterocycles. The van der Waals surface area contributed by atoms with Crippen molar-refractivity contribution in [2.24, 2.45) is 11.8 Å². The van der Waals surface area contributed by atoms with Gasteiger partial charge in [-0.3, -0.25) is 14.4 Å². The number of benzene rings is 1. The molecule has 1 heterocycles. The van der Waals surface area contributed by atoms with Crippen LogP contribution in [0.1, 0.15) is 57.4 Å². The molecular weight excluding hydrogens is 354 g/mol. The lowest BCUT2D eigenvalue weighted by atomic mass is 9.83. The van der Waals surface area contributed by atoms with Gasteiger partial charge in [0.2, 0.25) is 17.7 Å². The SMILES string of the molecule is CCCC(=O)Nc1ccc(C)c(NC(=O)C2CCN(C(=O)C3CCC3)CC2)c1. The number of carbonyl (C=O) groups excluding carboxylic acids is 3. The summed E-state index contributed by atoms with van der Waals surface area (Å²) in [7, 11) is 0. The molecule has 3 rings (SSSR count). The molecule has 1 aliphatic heterocycles. The highest BCUT2D eigenvalue weighted by atomic mass is 16.2. The molecule has 6 heteroatoms. The van der Waals surface area contributed by atoms with Gasteiger partial charge in [-0.05, 0) is 56.7 Å². The van der Waals surface area contributed by atoms with Crippen LogP contribution >= 0.6 is 0 Å². The molecule has 3 amide bonds. The standard InChI is InChI=1S/C22H31N3O3/c1-3-5-20(26)23-18-9-8-15(2)19(14-18)24-21(27)16-10-12-25(13-11-16)22(28)17-6-4-7-17/h8-9,14,16-17H,3-7,10-13H2,1-2H3,(H,23,26)(H,24,27). The van der Waals surface area contributed by atoms with Gasteiger partial charge in [0.15, 0.2) is 0 Å². The largest absolute Gasteiger partial charge is 0.342 e. The van der Waals surface area contributed by atoms with Gasteiger partial charge in [-0.15, -0.1) is 0 Å². The Morgan fingerprint density at radius 1 is 1.04 bits per heavy atom. The fourth-order valence-electron chi connectivity index (χ4n) is 3.80. The maximum Gasteiger partial charge on any atom is 0.227 e. The maximum absolute atomic E-state index is 12.7.